The largest absolute Gasteiger partial charge is 0.322 e. The molecule has 0 saturated carbocycles. The number of ketones is 1. The van der Waals surface area contributed by atoms with Gasteiger partial charge >= 0.3 is 0 Å². The Morgan fingerprint density at radius 3 is 2.52 bits per heavy atom. The molecule has 1 aromatic heterocycles. The van der Waals surface area contributed by atoms with E-state index >= 15 is 0 Å². The highest BCUT2D eigenvalue weighted by Crippen LogP contribution is 2.19. The Balaban J connectivity index is 1.48. The third kappa shape index (κ3) is 5.07. The van der Waals surface area contributed by atoms with Gasteiger partial charge in [-0.3, -0.25) is 9.59 Å². The third-order valence-corrected chi connectivity index (χ3v) is 5.37. The topological polar surface area (TPSA) is 64.0 Å². The van der Waals surface area contributed by atoms with Crippen LogP contribution in [0.3, 0.4) is 0 Å². The van der Waals surface area contributed by atoms with E-state index in [4.69, 9.17) is 11.6 Å². The lowest BCUT2D eigenvalue weighted by Gasteiger charge is -2.07. The van der Waals surface area contributed by atoms with Gasteiger partial charge in [-0.1, -0.05) is 41.9 Å². The van der Waals surface area contributed by atoms with E-state index in [1.165, 1.54) is 24.4 Å². The van der Waals surface area contributed by atoms with Crippen LogP contribution in [0.4, 0.5) is 10.1 Å². The van der Waals surface area contributed by atoms with Crippen LogP contribution in [0.25, 0.3) is 11.8 Å². The Kier molecular flexibility index (Phi) is 6.47. The van der Waals surface area contributed by atoms with Crippen molar-refractivity contribution in [3.05, 3.63) is 118 Å². The van der Waals surface area contributed by atoms with Crippen LogP contribution >= 0.6 is 11.6 Å². The minimum absolute atomic E-state index is 0.216. The van der Waals surface area contributed by atoms with Gasteiger partial charge in [0.2, 0.25) is 0 Å². The first kappa shape index (κ1) is 22.2. The molecule has 0 bridgehead atoms. The first-order valence-corrected chi connectivity index (χ1v) is 10.5. The van der Waals surface area contributed by atoms with Gasteiger partial charge in [-0.25, -0.2) is 9.07 Å². The molecular weight excluding hydrogens is 441 g/mol. The number of carbonyl (C=O) groups is 2. The van der Waals surface area contributed by atoms with Gasteiger partial charge in [-0.15, -0.1) is 0 Å². The molecule has 4 rings (SSSR count). The highest BCUT2D eigenvalue weighted by molar-refractivity contribution is 6.34. The molecule has 0 saturated heterocycles. The number of hydrogen-bond donors (Lipinski definition) is 1. The molecule has 33 heavy (non-hydrogen) atoms. The molecule has 0 spiro atoms. The zero-order chi connectivity index (χ0) is 23.4. The number of nitrogens with zero attached hydrogens (tertiary/aromatic N) is 2. The Bertz CT molecular complexity index is 1360. The third-order valence-electron chi connectivity index (χ3n) is 5.04. The van der Waals surface area contributed by atoms with Gasteiger partial charge in [-0.2, -0.15) is 5.10 Å². The lowest BCUT2D eigenvalue weighted by atomic mass is 10.1. The van der Waals surface area contributed by atoms with Crippen LogP contribution in [0.15, 0.2) is 85.1 Å². The first-order chi connectivity index (χ1) is 15.9. The average Bonchev–Trinajstić information content (AvgIpc) is 3.20. The van der Waals surface area contributed by atoms with Gasteiger partial charge in [0.15, 0.2) is 5.78 Å². The summed E-state index contributed by atoms with van der Waals surface area (Å²) < 4.78 is 14.8. The summed E-state index contributed by atoms with van der Waals surface area (Å²) in [6.45, 7) is 1.78. The zero-order valence-electron chi connectivity index (χ0n) is 17.6. The Morgan fingerprint density at radius 1 is 1.00 bits per heavy atom. The van der Waals surface area contributed by atoms with Crippen molar-refractivity contribution in [3.8, 4) is 5.69 Å². The van der Waals surface area contributed by atoms with Crippen LogP contribution in [0.1, 0.15) is 32.0 Å². The number of nitrogens with one attached hydrogen (secondary N) is 1. The van der Waals surface area contributed by atoms with Crippen molar-refractivity contribution in [2.75, 3.05) is 5.32 Å². The molecule has 1 amide bonds. The minimum Gasteiger partial charge on any atom is -0.322 e. The number of carbonyl (C=O) groups excluding carboxylic acids is 2. The summed E-state index contributed by atoms with van der Waals surface area (Å²) in [5.74, 6) is -0.874. The molecule has 0 aliphatic heterocycles. The molecule has 1 heterocycles. The summed E-state index contributed by atoms with van der Waals surface area (Å²) in [6.07, 6.45) is 4.61. The lowest BCUT2D eigenvalue weighted by Crippen LogP contribution is -2.12. The van der Waals surface area contributed by atoms with Crippen LogP contribution in [0, 0.1) is 12.7 Å². The molecule has 5 nitrogen and oxygen atoms in total. The zero-order valence-corrected chi connectivity index (χ0v) is 18.4. The average molecular weight is 460 g/mol. The van der Waals surface area contributed by atoms with Crippen molar-refractivity contribution in [1.82, 2.24) is 9.78 Å². The van der Waals surface area contributed by atoms with Crippen molar-refractivity contribution in [1.29, 1.82) is 0 Å². The maximum Gasteiger partial charge on any atom is 0.257 e. The van der Waals surface area contributed by atoms with Crippen LogP contribution in [0.5, 0.6) is 0 Å². The minimum atomic E-state index is -0.340. The summed E-state index contributed by atoms with van der Waals surface area (Å²) >= 11 is 6.09. The van der Waals surface area contributed by atoms with E-state index in [1.807, 2.05) is 6.07 Å². The highest BCUT2D eigenvalue weighted by atomic mass is 35.5. The smallest absolute Gasteiger partial charge is 0.257 e. The molecule has 1 N–H and O–H groups in total. The SMILES string of the molecule is Cc1c(C(=O)/C=C/c2cccc(NC(=O)c3ccccc3Cl)c2)cnn1-c1ccc(F)cc1. The van der Waals surface area contributed by atoms with Gasteiger partial charge in [-0.05, 0) is 67.1 Å². The summed E-state index contributed by atoms with van der Waals surface area (Å²) in [6, 6.07) is 19.8. The maximum absolute atomic E-state index is 13.2. The van der Waals surface area contributed by atoms with Gasteiger partial charge in [0.25, 0.3) is 5.91 Å². The van der Waals surface area contributed by atoms with Crippen LogP contribution < -0.4 is 5.32 Å². The molecule has 3 aromatic carbocycles. The second kappa shape index (κ2) is 9.63. The van der Waals surface area contributed by atoms with Crippen LogP contribution in [-0.4, -0.2) is 21.5 Å². The summed E-state index contributed by atoms with van der Waals surface area (Å²) in [4.78, 5) is 25.2. The number of rotatable bonds is 6. The normalized spacial score (nSPS) is 11.0. The Labute approximate surface area is 195 Å². The van der Waals surface area contributed by atoms with Crippen molar-refractivity contribution in [2.24, 2.45) is 0 Å². The molecule has 7 heteroatoms. The lowest BCUT2D eigenvalue weighted by molar-refractivity contribution is 0.102. The first-order valence-electron chi connectivity index (χ1n) is 10.1. The molecule has 4 aromatic rings. The van der Waals surface area contributed by atoms with Crippen molar-refractivity contribution < 1.29 is 14.0 Å². The van der Waals surface area contributed by atoms with E-state index in [2.05, 4.69) is 10.4 Å². The number of anilines is 1. The molecular formula is C26H19ClFN3O2. The standard InChI is InChI=1S/C26H19ClFN3O2/c1-17-23(16-29-31(17)21-12-10-19(28)11-13-21)25(32)14-9-18-5-4-6-20(15-18)30-26(33)22-7-2-3-8-24(22)27/h2-16H,1H3,(H,30,33)/b14-9+. The summed E-state index contributed by atoms with van der Waals surface area (Å²) in [5.41, 5.74) is 3.46. The number of amides is 1. The summed E-state index contributed by atoms with van der Waals surface area (Å²) in [5, 5.41) is 7.44. The fourth-order valence-electron chi connectivity index (χ4n) is 3.32. The fourth-order valence-corrected chi connectivity index (χ4v) is 3.54. The molecule has 164 valence electrons. The molecule has 0 aliphatic rings. The van der Waals surface area contributed by atoms with Gasteiger partial charge in [0.05, 0.1) is 33.7 Å². The maximum atomic E-state index is 13.2. The molecule has 0 aliphatic carbocycles. The molecule has 0 fully saturated rings. The van der Waals surface area contributed by atoms with E-state index < -0.39 is 0 Å². The van der Waals surface area contributed by atoms with E-state index in [1.54, 1.807) is 72.3 Å². The van der Waals surface area contributed by atoms with E-state index in [0.29, 0.717) is 33.2 Å². The molecule has 0 radical (unpaired) electrons. The van der Waals surface area contributed by atoms with Gasteiger partial charge in [0, 0.05) is 5.69 Å². The van der Waals surface area contributed by atoms with Gasteiger partial charge < -0.3 is 5.32 Å². The van der Waals surface area contributed by atoms with E-state index in [0.717, 1.165) is 5.56 Å². The molecule has 0 unspecified atom stereocenters. The second-order valence-electron chi connectivity index (χ2n) is 7.29. The Morgan fingerprint density at radius 2 is 1.76 bits per heavy atom. The number of benzene rings is 3. The van der Waals surface area contributed by atoms with Crippen LogP contribution in [-0.2, 0) is 0 Å². The number of hydrogen-bond acceptors (Lipinski definition) is 3. The monoisotopic (exact) mass is 459 g/mol. The number of halogens is 2. The fraction of sp³-hybridized carbons (Fsp3) is 0.0385. The molecule has 0 atom stereocenters. The highest BCUT2D eigenvalue weighted by Gasteiger charge is 2.13. The number of allylic oxidation sites excluding steroid dienone is 1. The predicted octanol–water partition coefficient (Wildman–Crippen LogP) is 6.12. The van der Waals surface area contributed by atoms with E-state index in [-0.39, 0.29) is 17.5 Å². The number of aromatic nitrogens is 2. The quantitative estimate of drug-likeness (QED) is 0.279. The predicted molar refractivity (Wildman–Crippen MR) is 127 cm³/mol. The van der Waals surface area contributed by atoms with Crippen molar-refractivity contribution >= 4 is 35.1 Å². The summed E-state index contributed by atoms with van der Waals surface area (Å²) in [7, 11) is 0. The Hall–Kier alpha value is -4.03. The van der Waals surface area contributed by atoms with Crippen LogP contribution in [0.2, 0.25) is 5.02 Å². The second-order valence-corrected chi connectivity index (χ2v) is 7.70. The van der Waals surface area contributed by atoms with Gasteiger partial charge in [0.1, 0.15) is 5.82 Å². The van der Waals surface area contributed by atoms with E-state index in [9.17, 15) is 14.0 Å². The van der Waals surface area contributed by atoms with Crippen molar-refractivity contribution in [3.63, 3.8) is 0 Å². The van der Waals surface area contributed by atoms with Crippen molar-refractivity contribution in [2.45, 2.75) is 6.92 Å².